The second kappa shape index (κ2) is 11.1. The molecule has 0 fully saturated rings. The van der Waals surface area contributed by atoms with Gasteiger partial charge in [0.25, 0.3) is 0 Å². The van der Waals surface area contributed by atoms with Gasteiger partial charge in [-0.05, 0) is 18.1 Å². The van der Waals surface area contributed by atoms with E-state index in [4.69, 9.17) is 9.47 Å². The van der Waals surface area contributed by atoms with E-state index < -0.39 is 0 Å². The predicted octanol–water partition coefficient (Wildman–Crippen LogP) is 2.93. The number of hydrogen-bond acceptors (Lipinski definition) is 3. The Bertz CT molecular complexity index is 644. The van der Waals surface area contributed by atoms with Crippen molar-refractivity contribution in [2.75, 3.05) is 40.5 Å². The molecule has 0 unspecified atom stereocenters. The summed E-state index contributed by atoms with van der Waals surface area (Å²) in [6.07, 6.45) is 0.943. The van der Waals surface area contributed by atoms with Crippen molar-refractivity contribution in [2.24, 2.45) is 4.99 Å². The van der Waals surface area contributed by atoms with Crippen molar-refractivity contribution in [1.82, 2.24) is 10.6 Å². The molecule has 2 aromatic rings. The number of aliphatic imine (C=N–C) groups is 1. The zero-order valence-electron chi connectivity index (χ0n) is 15.0. The normalized spacial score (nSPS) is 11.2. The zero-order valence-corrected chi connectivity index (χ0v) is 15.0. The van der Waals surface area contributed by atoms with Crippen LogP contribution in [0.25, 0.3) is 11.1 Å². The topological polar surface area (TPSA) is 54.9 Å². The van der Waals surface area contributed by atoms with Gasteiger partial charge >= 0.3 is 0 Å². The molecule has 0 aromatic heterocycles. The molecule has 5 heteroatoms. The Morgan fingerprint density at radius 1 is 0.920 bits per heavy atom. The van der Waals surface area contributed by atoms with Gasteiger partial charge in [-0.3, -0.25) is 4.99 Å². The van der Waals surface area contributed by atoms with Crippen LogP contribution in [0.15, 0.2) is 59.6 Å². The maximum atomic E-state index is 5.96. The first kappa shape index (κ1) is 18.8. The van der Waals surface area contributed by atoms with Crippen LogP contribution >= 0.6 is 0 Å². The molecule has 0 amide bonds. The van der Waals surface area contributed by atoms with Gasteiger partial charge in [0.15, 0.2) is 5.96 Å². The van der Waals surface area contributed by atoms with Crippen molar-refractivity contribution >= 4 is 5.96 Å². The number of nitrogens with zero attached hydrogens (tertiary/aromatic N) is 1. The van der Waals surface area contributed by atoms with Crippen molar-refractivity contribution in [3.63, 3.8) is 0 Å². The van der Waals surface area contributed by atoms with E-state index in [1.807, 2.05) is 36.4 Å². The highest BCUT2D eigenvalue weighted by Crippen LogP contribution is 2.29. The van der Waals surface area contributed by atoms with E-state index in [9.17, 15) is 0 Å². The largest absolute Gasteiger partial charge is 0.491 e. The van der Waals surface area contributed by atoms with E-state index >= 15 is 0 Å². The molecule has 0 heterocycles. The van der Waals surface area contributed by atoms with E-state index in [1.165, 1.54) is 0 Å². The standard InChI is InChI=1S/C20H27N3O2/c1-21-20(22-13-8-15-24-2)23-14-16-25-19-12-7-6-11-18(19)17-9-4-3-5-10-17/h3-7,9-12H,8,13-16H2,1-2H3,(H2,21,22,23). The molecule has 0 atom stereocenters. The SMILES string of the molecule is CN=C(NCCCOC)NCCOc1ccccc1-c1ccccc1. The Kier molecular flexibility index (Phi) is 8.35. The number of rotatable bonds is 9. The first-order valence-corrected chi connectivity index (χ1v) is 8.56. The van der Waals surface area contributed by atoms with Crippen molar-refractivity contribution in [1.29, 1.82) is 0 Å². The van der Waals surface area contributed by atoms with E-state index in [1.54, 1.807) is 14.2 Å². The van der Waals surface area contributed by atoms with E-state index in [0.717, 1.165) is 42.4 Å². The van der Waals surface area contributed by atoms with E-state index in [2.05, 4.69) is 33.8 Å². The van der Waals surface area contributed by atoms with Gasteiger partial charge in [-0.25, -0.2) is 0 Å². The highest BCUT2D eigenvalue weighted by atomic mass is 16.5. The molecule has 0 bridgehead atoms. The quantitative estimate of drug-likeness (QED) is 0.418. The summed E-state index contributed by atoms with van der Waals surface area (Å²) in [6, 6.07) is 18.4. The Hall–Kier alpha value is -2.53. The van der Waals surface area contributed by atoms with Gasteiger partial charge in [0.2, 0.25) is 0 Å². The molecule has 0 saturated heterocycles. The average Bonchev–Trinajstić information content (AvgIpc) is 2.68. The maximum Gasteiger partial charge on any atom is 0.191 e. The summed E-state index contributed by atoms with van der Waals surface area (Å²) in [6.45, 7) is 2.80. The number of hydrogen-bond donors (Lipinski definition) is 2. The van der Waals surface area contributed by atoms with Gasteiger partial charge in [-0.15, -0.1) is 0 Å². The van der Waals surface area contributed by atoms with Crippen LogP contribution < -0.4 is 15.4 Å². The molecular weight excluding hydrogens is 314 g/mol. The average molecular weight is 341 g/mol. The summed E-state index contributed by atoms with van der Waals surface area (Å²) in [5, 5.41) is 6.49. The second-order valence-corrected chi connectivity index (χ2v) is 5.48. The fraction of sp³-hybridized carbons (Fsp3) is 0.350. The van der Waals surface area contributed by atoms with Crippen LogP contribution in [0.3, 0.4) is 0 Å². The molecule has 0 aliphatic rings. The van der Waals surface area contributed by atoms with Gasteiger partial charge in [0, 0.05) is 32.9 Å². The Labute approximate surface area is 150 Å². The van der Waals surface area contributed by atoms with Crippen LogP contribution in [0.1, 0.15) is 6.42 Å². The fourth-order valence-electron chi connectivity index (χ4n) is 2.42. The lowest BCUT2D eigenvalue weighted by Crippen LogP contribution is -2.39. The van der Waals surface area contributed by atoms with Crippen LogP contribution in [0.5, 0.6) is 5.75 Å². The third-order valence-corrected chi connectivity index (χ3v) is 3.67. The first-order chi connectivity index (χ1) is 12.3. The van der Waals surface area contributed by atoms with Crippen LogP contribution in [-0.4, -0.2) is 46.4 Å². The van der Waals surface area contributed by atoms with E-state index in [0.29, 0.717) is 13.2 Å². The number of ether oxygens (including phenoxy) is 2. The molecule has 0 radical (unpaired) electrons. The van der Waals surface area contributed by atoms with Crippen molar-refractivity contribution < 1.29 is 9.47 Å². The summed E-state index contributed by atoms with van der Waals surface area (Å²) >= 11 is 0. The number of nitrogens with one attached hydrogen (secondary N) is 2. The molecule has 5 nitrogen and oxygen atoms in total. The first-order valence-electron chi connectivity index (χ1n) is 8.56. The summed E-state index contributed by atoms with van der Waals surface area (Å²) in [5.41, 5.74) is 2.26. The number of methoxy groups -OCH3 is 1. The Balaban J connectivity index is 1.80. The van der Waals surface area contributed by atoms with Crippen molar-refractivity contribution in [3.05, 3.63) is 54.6 Å². The number of benzene rings is 2. The summed E-state index contributed by atoms with van der Waals surface area (Å²) in [4.78, 5) is 4.19. The lowest BCUT2D eigenvalue weighted by atomic mass is 10.1. The Morgan fingerprint density at radius 3 is 2.40 bits per heavy atom. The molecule has 0 aliphatic carbocycles. The molecule has 2 N–H and O–H groups in total. The van der Waals surface area contributed by atoms with Crippen molar-refractivity contribution in [3.8, 4) is 16.9 Å². The third kappa shape index (κ3) is 6.47. The minimum Gasteiger partial charge on any atom is -0.491 e. The van der Waals surface area contributed by atoms with Gasteiger partial charge in [-0.1, -0.05) is 48.5 Å². The minimum atomic E-state index is 0.558. The van der Waals surface area contributed by atoms with Gasteiger partial charge in [-0.2, -0.15) is 0 Å². The van der Waals surface area contributed by atoms with Gasteiger partial charge in [0.1, 0.15) is 12.4 Å². The summed E-state index contributed by atoms with van der Waals surface area (Å²) < 4.78 is 11.0. The fourth-order valence-corrected chi connectivity index (χ4v) is 2.42. The Morgan fingerprint density at radius 2 is 1.64 bits per heavy atom. The lowest BCUT2D eigenvalue weighted by molar-refractivity contribution is 0.195. The lowest BCUT2D eigenvalue weighted by Gasteiger charge is -2.14. The maximum absolute atomic E-state index is 5.96. The number of para-hydroxylation sites is 1. The van der Waals surface area contributed by atoms with Crippen LogP contribution in [0, 0.1) is 0 Å². The third-order valence-electron chi connectivity index (χ3n) is 3.67. The van der Waals surface area contributed by atoms with Crippen LogP contribution in [-0.2, 0) is 4.74 Å². The molecule has 0 saturated carbocycles. The predicted molar refractivity (Wildman–Crippen MR) is 103 cm³/mol. The van der Waals surface area contributed by atoms with Crippen LogP contribution in [0.4, 0.5) is 0 Å². The molecular formula is C20H27N3O2. The molecule has 134 valence electrons. The molecule has 2 rings (SSSR count). The monoisotopic (exact) mass is 341 g/mol. The van der Waals surface area contributed by atoms with Gasteiger partial charge < -0.3 is 20.1 Å². The molecule has 25 heavy (non-hydrogen) atoms. The van der Waals surface area contributed by atoms with Crippen molar-refractivity contribution in [2.45, 2.75) is 6.42 Å². The molecule has 0 spiro atoms. The molecule has 2 aromatic carbocycles. The second-order valence-electron chi connectivity index (χ2n) is 5.48. The molecule has 0 aliphatic heterocycles. The van der Waals surface area contributed by atoms with E-state index in [-0.39, 0.29) is 0 Å². The van der Waals surface area contributed by atoms with Gasteiger partial charge in [0.05, 0.1) is 6.54 Å². The highest BCUT2D eigenvalue weighted by Gasteiger charge is 2.05. The smallest absolute Gasteiger partial charge is 0.191 e. The van der Waals surface area contributed by atoms with Crippen LogP contribution in [0.2, 0.25) is 0 Å². The minimum absolute atomic E-state index is 0.558. The summed E-state index contributed by atoms with van der Waals surface area (Å²) in [7, 11) is 3.47. The zero-order chi connectivity index (χ0) is 17.7. The number of guanidine groups is 1. The summed E-state index contributed by atoms with van der Waals surface area (Å²) in [5.74, 6) is 1.66. The highest BCUT2D eigenvalue weighted by molar-refractivity contribution is 5.79.